The lowest BCUT2D eigenvalue weighted by atomic mass is 9.93. The van der Waals surface area contributed by atoms with E-state index in [9.17, 15) is 0 Å². The lowest BCUT2D eigenvalue weighted by Gasteiger charge is -2.37. The Morgan fingerprint density at radius 2 is 1.79 bits per heavy atom. The second-order valence-electron chi connectivity index (χ2n) is 8.54. The molecule has 1 saturated heterocycles. The number of fused-ring (bicyclic) bond motifs is 1. The van der Waals surface area contributed by atoms with Crippen molar-refractivity contribution in [2.45, 2.75) is 57.4 Å². The number of benzene rings is 1. The highest BCUT2D eigenvalue weighted by Gasteiger charge is 2.25. The topological polar surface area (TPSA) is 44.3 Å². The van der Waals surface area contributed by atoms with Crippen molar-refractivity contribution in [2.75, 3.05) is 34.8 Å². The molecule has 1 aliphatic carbocycles. The van der Waals surface area contributed by atoms with Crippen LogP contribution in [0.3, 0.4) is 0 Å². The summed E-state index contributed by atoms with van der Waals surface area (Å²) in [4.78, 5) is 14.5. The van der Waals surface area contributed by atoms with Gasteiger partial charge in [0.05, 0.1) is 0 Å². The number of hydrogen-bond acceptors (Lipinski definition) is 5. The number of rotatable bonds is 4. The van der Waals surface area contributed by atoms with Gasteiger partial charge in [0.25, 0.3) is 0 Å². The van der Waals surface area contributed by atoms with Gasteiger partial charge in [0.15, 0.2) is 0 Å². The van der Waals surface area contributed by atoms with Crippen LogP contribution in [0.25, 0.3) is 6.08 Å². The lowest BCUT2D eigenvalue weighted by molar-refractivity contribution is 0.419. The molecule has 2 fully saturated rings. The summed E-state index contributed by atoms with van der Waals surface area (Å²) >= 11 is 0. The van der Waals surface area contributed by atoms with E-state index in [1.165, 1.54) is 57.1 Å². The van der Waals surface area contributed by atoms with Gasteiger partial charge in [0.1, 0.15) is 5.82 Å². The first-order valence-corrected chi connectivity index (χ1v) is 11.3. The fraction of sp³-hybridized carbons (Fsp3) is 0.500. The zero-order valence-corrected chi connectivity index (χ0v) is 17.2. The Labute approximate surface area is 173 Å². The summed E-state index contributed by atoms with van der Waals surface area (Å²) in [5.74, 6) is 1.78. The monoisotopic (exact) mass is 389 g/mol. The number of anilines is 4. The zero-order valence-electron chi connectivity index (χ0n) is 17.2. The number of hydrogen-bond donors (Lipinski definition) is 1. The maximum Gasteiger partial charge on any atom is 0.229 e. The molecular formula is C24H31N5. The van der Waals surface area contributed by atoms with Crippen molar-refractivity contribution in [1.29, 1.82) is 0 Å². The molecule has 5 nitrogen and oxygen atoms in total. The summed E-state index contributed by atoms with van der Waals surface area (Å²) in [5, 5.41) is 3.46. The van der Waals surface area contributed by atoms with E-state index in [1.54, 1.807) is 0 Å². The van der Waals surface area contributed by atoms with E-state index in [-0.39, 0.29) is 0 Å². The third kappa shape index (κ3) is 4.09. The summed E-state index contributed by atoms with van der Waals surface area (Å²) < 4.78 is 0. The Kier molecular flexibility index (Phi) is 5.37. The van der Waals surface area contributed by atoms with Gasteiger partial charge in [-0.3, -0.25) is 0 Å². The van der Waals surface area contributed by atoms with Crippen molar-refractivity contribution in [2.24, 2.45) is 0 Å². The van der Waals surface area contributed by atoms with Crippen LogP contribution in [0, 0.1) is 0 Å². The van der Waals surface area contributed by atoms with E-state index in [4.69, 9.17) is 4.98 Å². The predicted molar refractivity (Wildman–Crippen MR) is 121 cm³/mol. The summed E-state index contributed by atoms with van der Waals surface area (Å²) in [7, 11) is 0. The van der Waals surface area contributed by atoms with Gasteiger partial charge in [-0.05, 0) is 50.3 Å². The minimum absolute atomic E-state index is 0.609. The highest BCUT2D eigenvalue weighted by atomic mass is 15.3. The number of nitrogens with zero attached hydrogens (tertiary/aromatic N) is 4. The highest BCUT2D eigenvalue weighted by Crippen LogP contribution is 2.32. The maximum atomic E-state index is 4.95. The molecule has 1 N–H and O–H groups in total. The first kappa shape index (κ1) is 18.5. The SMILES string of the molecule is C1=Cc2cnc(Nc3cccc(N4CCCCC4)c3)nc2N(C2CCCCC2)C1. The van der Waals surface area contributed by atoms with Crippen molar-refractivity contribution in [1.82, 2.24) is 9.97 Å². The van der Waals surface area contributed by atoms with E-state index in [2.05, 4.69) is 56.5 Å². The minimum atomic E-state index is 0.609. The van der Waals surface area contributed by atoms with Gasteiger partial charge < -0.3 is 15.1 Å². The highest BCUT2D eigenvalue weighted by molar-refractivity contribution is 5.70. The molecule has 5 rings (SSSR count). The predicted octanol–water partition coefficient (Wildman–Crippen LogP) is 5.38. The molecule has 1 saturated carbocycles. The summed E-state index contributed by atoms with van der Waals surface area (Å²) in [6, 6.07) is 9.28. The van der Waals surface area contributed by atoms with Crippen LogP contribution >= 0.6 is 0 Å². The second-order valence-corrected chi connectivity index (χ2v) is 8.54. The molecule has 2 aliphatic heterocycles. The number of nitrogens with one attached hydrogen (secondary N) is 1. The molecular weight excluding hydrogens is 358 g/mol. The average Bonchev–Trinajstić information content (AvgIpc) is 2.80. The molecule has 0 unspecified atom stereocenters. The Morgan fingerprint density at radius 1 is 0.966 bits per heavy atom. The molecule has 3 heterocycles. The van der Waals surface area contributed by atoms with E-state index < -0.39 is 0 Å². The molecule has 29 heavy (non-hydrogen) atoms. The van der Waals surface area contributed by atoms with E-state index in [1.807, 2.05) is 6.20 Å². The van der Waals surface area contributed by atoms with Crippen molar-refractivity contribution in [3.8, 4) is 0 Å². The molecule has 0 radical (unpaired) electrons. The van der Waals surface area contributed by atoms with Gasteiger partial charge >= 0.3 is 0 Å². The quantitative estimate of drug-likeness (QED) is 0.761. The van der Waals surface area contributed by atoms with E-state index in [0.717, 1.165) is 36.7 Å². The third-order valence-corrected chi connectivity index (χ3v) is 6.51. The van der Waals surface area contributed by atoms with Crippen LogP contribution in [0.1, 0.15) is 56.9 Å². The van der Waals surface area contributed by atoms with Crippen LogP contribution in [0.4, 0.5) is 23.1 Å². The molecule has 1 aromatic heterocycles. The van der Waals surface area contributed by atoms with Crippen molar-refractivity contribution in [3.63, 3.8) is 0 Å². The third-order valence-electron chi connectivity index (χ3n) is 6.51. The minimum Gasteiger partial charge on any atom is -0.371 e. The molecule has 0 spiro atoms. The van der Waals surface area contributed by atoms with Crippen molar-refractivity contribution in [3.05, 3.63) is 42.1 Å². The standard InChI is InChI=1S/C24H31N5/c1-3-11-21(12-4-1)29-16-8-9-19-18-25-24(27-23(19)29)26-20-10-7-13-22(17-20)28-14-5-2-6-15-28/h7-10,13,17-18,21H,1-6,11-12,14-16H2,(H,25,26,27). The van der Waals surface area contributed by atoms with Crippen molar-refractivity contribution < 1.29 is 0 Å². The normalized spacial score (nSPS) is 19.9. The summed E-state index contributed by atoms with van der Waals surface area (Å²) in [6.45, 7) is 3.27. The van der Waals surface area contributed by atoms with Gasteiger partial charge in [0, 0.05) is 48.8 Å². The Hall–Kier alpha value is -2.56. The fourth-order valence-corrected chi connectivity index (χ4v) is 4.95. The maximum absolute atomic E-state index is 4.95. The number of piperidine rings is 1. The molecule has 1 aromatic carbocycles. The second kappa shape index (κ2) is 8.44. The molecule has 0 atom stereocenters. The van der Waals surface area contributed by atoms with E-state index in [0.29, 0.717) is 12.0 Å². The first-order chi connectivity index (χ1) is 14.4. The van der Waals surface area contributed by atoms with Gasteiger partial charge in [-0.2, -0.15) is 4.98 Å². The molecule has 2 aromatic rings. The van der Waals surface area contributed by atoms with E-state index >= 15 is 0 Å². The molecule has 0 amide bonds. The van der Waals surface area contributed by atoms with Crippen LogP contribution in [0.5, 0.6) is 0 Å². The first-order valence-electron chi connectivity index (χ1n) is 11.3. The summed E-state index contributed by atoms with van der Waals surface area (Å²) in [6.07, 6.45) is 16.9. The Bertz CT molecular complexity index is 865. The molecule has 5 heteroatoms. The lowest BCUT2D eigenvalue weighted by Crippen LogP contribution is -2.39. The molecule has 3 aliphatic rings. The van der Waals surface area contributed by atoms with Crippen molar-refractivity contribution >= 4 is 29.2 Å². The fourth-order valence-electron chi connectivity index (χ4n) is 4.95. The average molecular weight is 390 g/mol. The smallest absolute Gasteiger partial charge is 0.229 e. The zero-order chi connectivity index (χ0) is 19.5. The van der Waals surface area contributed by atoms with Gasteiger partial charge in [-0.1, -0.05) is 37.5 Å². The van der Waals surface area contributed by atoms with Gasteiger partial charge in [0.2, 0.25) is 5.95 Å². The van der Waals surface area contributed by atoms with Crippen LogP contribution < -0.4 is 15.1 Å². The number of aromatic nitrogens is 2. The summed E-state index contributed by atoms with van der Waals surface area (Å²) in [5.41, 5.74) is 3.48. The van der Waals surface area contributed by atoms with Crippen LogP contribution in [-0.2, 0) is 0 Å². The Balaban J connectivity index is 1.36. The van der Waals surface area contributed by atoms with Gasteiger partial charge in [-0.25, -0.2) is 4.98 Å². The Morgan fingerprint density at radius 3 is 2.66 bits per heavy atom. The van der Waals surface area contributed by atoms with Gasteiger partial charge in [-0.15, -0.1) is 0 Å². The largest absolute Gasteiger partial charge is 0.371 e. The molecule has 0 bridgehead atoms. The molecule has 152 valence electrons. The van der Waals surface area contributed by atoms with Crippen LogP contribution in [-0.4, -0.2) is 35.6 Å². The van der Waals surface area contributed by atoms with Crippen LogP contribution in [0.2, 0.25) is 0 Å². The van der Waals surface area contributed by atoms with Crippen LogP contribution in [0.15, 0.2) is 36.5 Å².